The van der Waals surface area contributed by atoms with Crippen molar-refractivity contribution >= 4 is 11.8 Å². The van der Waals surface area contributed by atoms with Crippen LogP contribution in [-0.2, 0) is 14.3 Å². The van der Waals surface area contributed by atoms with Crippen LogP contribution in [0.25, 0.3) is 0 Å². The fourth-order valence-electron chi connectivity index (χ4n) is 1.90. The Bertz CT molecular complexity index is 290. The molecule has 6 nitrogen and oxygen atoms in total. The molecule has 0 radical (unpaired) electrons. The van der Waals surface area contributed by atoms with Gasteiger partial charge in [0.1, 0.15) is 6.04 Å². The maximum Gasteiger partial charge on any atom is 0.239 e. The van der Waals surface area contributed by atoms with Gasteiger partial charge in [-0.3, -0.25) is 14.9 Å². The van der Waals surface area contributed by atoms with Crippen LogP contribution in [0, 0.1) is 0 Å². The van der Waals surface area contributed by atoms with Gasteiger partial charge in [-0.15, -0.1) is 0 Å². The van der Waals surface area contributed by atoms with Crippen LogP contribution in [0.4, 0.5) is 0 Å². The SMILES string of the molecule is CC1(NC(=O)C2CNC(=O)CN2)CCOC1. The van der Waals surface area contributed by atoms with Crippen LogP contribution in [0.2, 0.25) is 0 Å². The molecule has 0 spiro atoms. The zero-order valence-corrected chi connectivity index (χ0v) is 9.34. The first-order chi connectivity index (χ1) is 7.59. The van der Waals surface area contributed by atoms with Crippen molar-refractivity contribution in [2.75, 3.05) is 26.3 Å². The molecule has 0 bridgehead atoms. The molecule has 2 atom stereocenters. The predicted octanol–water partition coefficient (Wildman–Crippen LogP) is -1.63. The molecule has 0 aromatic rings. The molecule has 6 heteroatoms. The number of ether oxygens (including phenoxy) is 1. The van der Waals surface area contributed by atoms with Crippen molar-refractivity contribution in [1.82, 2.24) is 16.0 Å². The van der Waals surface area contributed by atoms with Crippen molar-refractivity contribution in [3.05, 3.63) is 0 Å². The Labute approximate surface area is 94.1 Å². The summed E-state index contributed by atoms with van der Waals surface area (Å²) in [6, 6.07) is -0.338. The molecule has 2 fully saturated rings. The van der Waals surface area contributed by atoms with Gasteiger partial charge in [-0.25, -0.2) is 0 Å². The molecule has 0 saturated carbocycles. The Kier molecular flexibility index (Phi) is 3.11. The summed E-state index contributed by atoms with van der Waals surface area (Å²) in [7, 11) is 0. The zero-order chi connectivity index (χ0) is 11.6. The quantitative estimate of drug-likeness (QED) is 0.529. The fraction of sp³-hybridized carbons (Fsp3) is 0.800. The summed E-state index contributed by atoms with van der Waals surface area (Å²) in [5.74, 6) is -0.146. The van der Waals surface area contributed by atoms with Crippen LogP contribution in [-0.4, -0.2) is 49.7 Å². The first-order valence-electron chi connectivity index (χ1n) is 5.49. The molecule has 2 aliphatic heterocycles. The highest BCUT2D eigenvalue weighted by molar-refractivity contribution is 5.87. The van der Waals surface area contributed by atoms with Crippen LogP contribution in [0.1, 0.15) is 13.3 Å². The van der Waals surface area contributed by atoms with E-state index in [2.05, 4.69) is 16.0 Å². The van der Waals surface area contributed by atoms with Crippen LogP contribution < -0.4 is 16.0 Å². The third kappa shape index (κ3) is 2.51. The van der Waals surface area contributed by atoms with Crippen molar-refractivity contribution in [2.45, 2.75) is 24.9 Å². The number of rotatable bonds is 2. The largest absolute Gasteiger partial charge is 0.379 e. The average Bonchev–Trinajstić information content (AvgIpc) is 2.65. The first kappa shape index (κ1) is 11.3. The number of hydrogen-bond donors (Lipinski definition) is 3. The summed E-state index contributed by atoms with van der Waals surface area (Å²) in [5, 5.41) is 8.51. The van der Waals surface area contributed by atoms with Gasteiger partial charge in [-0.1, -0.05) is 0 Å². The monoisotopic (exact) mass is 227 g/mol. The highest BCUT2D eigenvalue weighted by Gasteiger charge is 2.34. The van der Waals surface area contributed by atoms with E-state index in [0.717, 1.165) is 6.42 Å². The second kappa shape index (κ2) is 4.39. The lowest BCUT2D eigenvalue weighted by Gasteiger charge is -2.29. The van der Waals surface area contributed by atoms with Gasteiger partial charge >= 0.3 is 0 Å². The summed E-state index contributed by atoms with van der Waals surface area (Å²) in [5.41, 5.74) is -0.264. The molecule has 0 aromatic carbocycles. The number of amides is 2. The molecule has 2 aliphatic rings. The molecular weight excluding hydrogens is 210 g/mol. The molecule has 16 heavy (non-hydrogen) atoms. The van der Waals surface area contributed by atoms with E-state index in [-0.39, 0.29) is 29.9 Å². The molecule has 90 valence electrons. The van der Waals surface area contributed by atoms with E-state index in [0.29, 0.717) is 19.8 Å². The summed E-state index contributed by atoms with van der Waals surface area (Å²) < 4.78 is 5.26. The van der Waals surface area contributed by atoms with E-state index in [9.17, 15) is 9.59 Å². The van der Waals surface area contributed by atoms with Crippen molar-refractivity contribution in [1.29, 1.82) is 0 Å². The van der Waals surface area contributed by atoms with E-state index < -0.39 is 0 Å². The minimum atomic E-state index is -0.338. The maximum atomic E-state index is 11.9. The normalized spacial score (nSPS) is 34.6. The predicted molar refractivity (Wildman–Crippen MR) is 56.8 cm³/mol. The van der Waals surface area contributed by atoms with E-state index in [4.69, 9.17) is 4.74 Å². The molecule has 2 rings (SSSR count). The summed E-state index contributed by atoms with van der Waals surface area (Å²) >= 11 is 0. The number of carbonyl (C=O) groups is 2. The Morgan fingerprint density at radius 2 is 2.44 bits per heavy atom. The molecule has 0 aromatic heterocycles. The Hall–Kier alpha value is -1.14. The van der Waals surface area contributed by atoms with Gasteiger partial charge in [0.2, 0.25) is 11.8 Å². The molecule has 2 unspecified atom stereocenters. The molecule has 0 aliphatic carbocycles. The molecule has 2 amide bonds. The lowest BCUT2D eigenvalue weighted by Crippen LogP contribution is -2.61. The third-order valence-electron chi connectivity index (χ3n) is 2.97. The highest BCUT2D eigenvalue weighted by Crippen LogP contribution is 2.17. The van der Waals surface area contributed by atoms with E-state index in [1.165, 1.54) is 0 Å². The Morgan fingerprint density at radius 1 is 1.62 bits per heavy atom. The smallest absolute Gasteiger partial charge is 0.239 e. The second-order valence-corrected chi connectivity index (χ2v) is 4.59. The van der Waals surface area contributed by atoms with Crippen molar-refractivity contribution in [3.8, 4) is 0 Å². The minimum Gasteiger partial charge on any atom is -0.379 e. The summed E-state index contributed by atoms with van der Waals surface area (Å²) in [6.45, 7) is 3.76. The molecule has 3 N–H and O–H groups in total. The number of nitrogens with one attached hydrogen (secondary N) is 3. The van der Waals surface area contributed by atoms with E-state index in [1.807, 2.05) is 6.92 Å². The zero-order valence-electron chi connectivity index (χ0n) is 9.34. The standard InChI is InChI=1S/C10H17N3O3/c1-10(2-3-16-6-10)13-9(15)7-4-12-8(14)5-11-7/h7,11H,2-6H2,1H3,(H,12,14)(H,13,15). The lowest BCUT2D eigenvalue weighted by atomic mass is 10.0. The molecular formula is C10H17N3O3. The molecule has 2 heterocycles. The van der Waals surface area contributed by atoms with Gasteiger partial charge in [0, 0.05) is 13.2 Å². The van der Waals surface area contributed by atoms with Gasteiger partial charge in [0.15, 0.2) is 0 Å². The van der Waals surface area contributed by atoms with E-state index >= 15 is 0 Å². The number of hydrogen-bond acceptors (Lipinski definition) is 4. The van der Waals surface area contributed by atoms with Crippen molar-refractivity contribution in [2.24, 2.45) is 0 Å². The second-order valence-electron chi connectivity index (χ2n) is 4.59. The van der Waals surface area contributed by atoms with Gasteiger partial charge in [0.05, 0.1) is 18.7 Å². The van der Waals surface area contributed by atoms with Gasteiger partial charge < -0.3 is 15.4 Å². The third-order valence-corrected chi connectivity index (χ3v) is 2.97. The Morgan fingerprint density at radius 3 is 3.00 bits per heavy atom. The van der Waals surface area contributed by atoms with Gasteiger partial charge in [-0.05, 0) is 13.3 Å². The minimum absolute atomic E-state index is 0.0699. The lowest BCUT2D eigenvalue weighted by molar-refractivity contribution is -0.127. The average molecular weight is 227 g/mol. The fourth-order valence-corrected chi connectivity index (χ4v) is 1.90. The van der Waals surface area contributed by atoms with Crippen LogP contribution >= 0.6 is 0 Å². The molecule has 2 saturated heterocycles. The summed E-state index contributed by atoms with van der Waals surface area (Å²) in [4.78, 5) is 22.8. The van der Waals surface area contributed by atoms with Crippen molar-refractivity contribution in [3.63, 3.8) is 0 Å². The van der Waals surface area contributed by atoms with Crippen LogP contribution in [0.3, 0.4) is 0 Å². The maximum absolute atomic E-state index is 11.9. The van der Waals surface area contributed by atoms with Gasteiger partial charge in [0.25, 0.3) is 0 Å². The van der Waals surface area contributed by atoms with Crippen LogP contribution in [0.15, 0.2) is 0 Å². The van der Waals surface area contributed by atoms with Gasteiger partial charge in [-0.2, -0.15) is 0 Å². The number of piperazine rings is 1. The van der Waals surface area contributed by atoms with E-state index in [1.54, 1.807) is 0 Å². The Balaban J connectivity index is 1.85. The topological polar surface area (TPSA) is 79.5 Å². The summed E-state index contributed by atoms with van der Waals surface area (Å²) in [6.07, 6.45) is 0.831. The number of carbonyl (C=O) groups excluding carboxylic acids is 2. The first-order valence-corrected chi connectivity index (χ1v) is 5.49. The highest BCUT2D eigenvalue weighted by atomic mass is 16.5. The van der Waals surface area contributed by atoms with Crippen molar-refractivity contribution < 1.29 is 14.3 Å². The van der Waals surface area contributed by atoms with Crippen LogP contribution in [0.5, 0.6) is 0 Å².